The predicted molar refractivity (Wildman–Crippen MR) is 79.9 cm³/mol. The van der Waals surface area contributed by atoms with E-state index in [-0.39, 0.29) is 0 Å². The van der Waals surface area contributed by atoms with Gasteiger partial charge in [0.05, 0.1) is 0 Å². The van der Waals surface area contributed by atoms with E-state index in [4.69, 9.17) is 11.6 Å². The third-order valence-corrected chi connectivity index (χ3v) is 4.79. The highest BCUT2D eigenvalue weighted by Gasteiger charge is 2.30. The molecular weight excluding hydrogens is 312 g/mol. The molecule has 2 nitrogen and oxygen atoms in total. The summed E-state index contributed by atoms with van der Waals surface area (Å²) in [6.45, 7) is 1.88. The van der Waals surface area contributed by atoms with Crippen LogP contribution >= 0.6 is 27.5 Å². The summed E-state index contributed by atoms with van der Waals surface area (Å²) in [6, 6.07) is 2.11. The molecule has 1 saturated carbocycles. The van der Waals surface area contributed by atoms with Crippen LogP contribution in [0.5, 0.6) is 0 Å². The molecule has 0 unspecified atom stereocenters. The fourth-order valence-electron chi connectivity index (χ4n) is 2.68. The first-order valence-corrected chi connectivity index (χ1v) is 7.93. The molecule has 1 aliphatic rings. The summed E-state index contributed by atoms with van der Waals surface area (Å²) in [5.74, 6) is 0.775. The van der Waals surface area contributed by atoms with E-state index >= 15 is 0 Å². The van der Waals surface area contributed by atoms with E-state index in [1.807, 2.05) is 12.4 Å². The lowest BCUT2D eigenvalue weighted by molar-refractivity contribution is 0.212. The number of nitrogens with zero attached hydrogens (tertiary/aromatic N) is 1. The largest absolute Gasteiger partial charge is 0.312 e. The molecule has 0 bridgehead atoms. The second-order valence-corrected chi connectivity index (χ2v) is 6.49. The van der Waals surface area contributed by atoms with Gasteiger partial charge in [-0.2, -0.15) is 0 Å². The molecule has 1 fully saturated rings. The number of pyridine rings is 1. The second-order valence-electron chi connectivity index (χ2n) is 5.31. The van der Waals surface area contributed by atoms with Crippen molar-refractivity contribution in [3.8, 4) is 0 Å². The standard InChI is InChI=1S/C14H20BrClN2/c15-13-6-12(7-17-9-13)8-18-11-14(10-16)4-2-1-3-5-14/h6-7,9,18H,1-5,8,10-11H2. The molecule has 1 aromatic heterocycles. The predicted octanol–water partition coefficient (Wildman–Crippen LogP) is 4.12. The highest BCUT2D eigenvalue weighted by Crippen LogP contribution is 2.36. The summed E-state index contributed by atoms with van der Waals surface area (Å²) in [5, 5.41) is 3.55. The maximum absolute atomic E-state index is 6.18. The SMILES string of the molecule is ClCC1(CNCc2cncc(Br)c2)CCCCC1. The molecule has 0 amide bonds. The molecule has 100 valence electrons. The highest BCUT2D eigenvalue weighted by atomic mass is 79.9. The monoisotopic (exact) mass is 330 g/mol. The molecule has 4 heteroatoms. The van der Waals surface area contributed by atoms with Crippen LogP contribution in [-0.4, -0.2) is 17.4 Å². The summed E-state index contributed by atoms with van der Waals surface area (Å²) >= 11 is 9.63. The lowest BCUT2D eigenvalue weighted by Gasteiger charge is -2.35. The Bertz CT molecular complexity index is 378. The van der Waals surface area contributed by atoms with Gasteiger partial charge in [0.25, 0.3) is 0 Å². The normalized spacial score (nSPS) is 18.8. The number of hydrogen-bond acceptors (Lipinski definition) is 2. The molecule has 0 radical (unpaired) electrons. The average molecular weight is 332 g/mol. The van der Waals surface area contributed by atoms with Gasteiger partial charge in [-0.25, -0.2) is 0 Å². The molecule has 2 rings (SSSR count). The van der Waals surface area contributed by atoms with Gasteiger partial charge in [-0.05, 0) is 45.8 Å². The Morgan fingerprint density at radius 1 is 1.28 bits per heavy atom. The zero-order valence-corrected chi connectivity index (χ0v) is 12.9. The molecule has 1 aromatic rings. The number of rotatable bonds is 5. The summed E-state index contributed by atoms with van der Waals surface area (Å²) < 4.78 is 1.03. The van der Waals surface area contributed by atoms with Gasteiger partial charge in [-0.15, -0.1) is 11.6 Å². The van der Waals surface area contributed by atoms with Crippen LogP contribution in [0.3, 0.4) is 0 Å². The van der Waals surface area contributed by atoms with E-state index in [0.717, 1.165) is 23.4 Å². The van der Waals surface area contributed by atoms with Crippen molar-refractivity contribution in [3.05, 3.63) is 28.5 Å². The third kappa shape index (κ3) is 3.94. The van der Waals surface area contributed by atoms with Gasteiger partial charge >= 0.3 is 0 Å². The van der Waals surface area contributed by atoms with Crippen molar-refractivity contribution in [2.45, 2.75) is 38.6 Å². The number of alkyl halides is 1. The molecule has 1 aliphatic carbocycles. The molecule has 0 aliphatic heterocycles. The summed E-state index contributed by atoms with van der Waals surface area (Å²) in [4.78, 5) is 4.17. The van der Waals surface area contributed by atoms with Crippen LogP contribution in [0.4, 0.5) is 0 Å². The van der Waals surface area contributed by atoms with Crippen LogP contribution in [0.15, 0.2) is 22.9 Å². The van der Waals surface area contributed by atoms with Crippen LogP contribution in [0.25, 0.3) is 0 Å². The Labute approximate surface area is 123 Å². The first-order valence-electron chi connectivity index (χ1n) is 6.60. The van der Waals surface area contributed by atoms with Crippen molar-refractivity contribution < 1.29 is 0 Å². The van der Waals surface area contributed by atoms with E-state index in [1.54, 1.807) is 0 Å². The molecule has 0 aromatic carbocycles. The van der Waals surface area contributed by atoms with Gasteiger partial charge in [0.1, 0.15) is 0 Å². The Hall–Kier alpha value is -0.120. The summed E-state index contributed by atoms with van der Waals surface area (Å²) in [7, 11) is 0. The Kier molecular flexibility index (Phi) is 5.46. The van der Waals surface area contributed by atoms with Gasteiger partial charge in [0.2, 0.25) is 0 Å². The molecule has 1 heterocycles. The van der Waals surface area contributed by atoms with Crippen LogP contribution < -0.4 is 5.32 Å². The van der Waals surface area contributed by atoms with E-state index in [0.29, 0.717) is 5.41 Å². The first-order chi connectivity index (χ1) is 8.74. The van der Waals surface area contributed by atoms with Crippen LogP contribution in [0.1, 0.15) is 37.7 Å². The van der Waals surface area contributed by atoms with Crippen LogP contribution in [0, 0.1) is 5.41 Å². The zero-order valence-electron chi connectivity index (χ0n) is 10.6. The molecule has 0 saturated heterocycles. The van der Waals surface area contributed by atoms with E-state index in [2.05, 4.69) is 32.3 Å². The van der Waals surface area contributed by atoms with Gasteiger partial charge in [0.15, 0.2) is 0 Å². The number of halogens is 2. The molecule has 0 atom stereocenters. The van der Waals surface area contributed by atoms with Crippen LogP contribution in [-0.2, 0) is 6.54 Å². The maximum Gasteiger partial charge on any atom is 0.0410 e. The number of aromatic nitrogens is 1. The van der Waals surface area contributed by atoms with Crippen LogP contribution in [0.2, 0.25) is 0 Å². The third-order valence-electron chi connectivity index (χ3n) is 3.79. The quantitative estimate of drug-likeness (QED) is 0.821. The molecule has 18 heavy (non-hydrogen) atoms. The van der Waals surface area contributed by atoms with E-state index in [1.165, 1.54) is 37.7 Å². The fourth-order valence-corrected chi connectivity index (χ4v) is 3.46. The summed E-state index contributed by atoms with van der Waals surface area (Å²) in [5.41, 5.74) is 1.53. The van der Waals surface area contributed by atoms with Gasteiger partial charge in [0, 0.05) is 35.8 Å². The first kappa shape index (κ1) is 14.3. The van der Waals surface area contributed by atoms with Crippen molar-refractivity contribution in [3.63, 3.8) is 0 Å². The lowest BCUT2D eigenvalue weighted by Crippen LogP contribution is -2.37. The minimum Gasteiger partial charge on any atom is -0.312 e. The smallest absolute Gasteiger partial charge is 0.0410 e. The van der Waals surface area contributed by atoms with Crippen molar-refractivity contribution in [2.75, 3.05) is 12.4 Å². The van der Waals surface area contributed by atoms with Crippen molar-refractivity contribution in [2.24, 2.45) is 5.41 Å². The molecule has 0 spiro atoms. The maximum atomic E-state index is 6.18. The van der Waals surface area contributed by atoms with Crippen molar-refractivity contribution >= 4 is 27.5 Å². The Morgan fingerprint density at radius 3 is 2.72 bits per heavy atom. The van der Waals surface area contributed by atoms with Gasteiger partial charge < -0.3 is 5.32 Å². The minimum atomic E-state index is 0.319. The van der Waals surface area contributed by atoms with Crippen molar-refractivity contribution in [1.29, 1.82) is 0 Å². The topological polar surface area (TPSA) is 24.9 Å². The zero-order chi connectivity index (χ0) is 12.8. The Morgan fingerprint density at radius 2 is 2.06 bits per heavy atom. The Balaban J connectivity index is 1.83. The van der Waals surface area contributed by atoms with Gasteiger partial charge in [-0.3, -0.25) is 4.98 Å². The number of hydrogen-bond donors (Lipinski definition) is 1. The van der Waals surface area contributed by atoms with Gasteiger partial charge in [-0.1, -0.05) is 19.3 Å². The molecule has 1 N–H and O–H groups in total. The van der Waals surface area contributed by atoms with E-state index < -0.39 is 0 Å². The van der Waals surface area contributed by atoms with E-state index in [9.17, 15) is 0 Å². The average Bonchev–Trinajstić information content (AvgIpc) is 2.40. The molecular formula is C14H20BrClN2. The summed E-state index contributed by atoms with van der Waals surface area (Å²) in [6.07, 6.45) is 10.3. The van der Waals surface area contributed by atoms with Crippen molar-refractivity contribution in [1.82, 2.24) is 10.3 Å². The highest BCUT2D eigenvalue weighted by molar-refractivity contribution is 9.10. The second kappa shape index (κ2) is 6.88. The lowest BCUT2D eigenvalue weighted by atomic mass is 9.75. The fraction of sp³-hybridized carbons (Fsp3) is 0.643. The number of nitrogens with one attached hydrogen (secondary N) is 1. The minimum absolute atomic E-state index is 0.319.